The first-order chi connectivity index (χ1) is 8.02. The predicted molar refractivity (Wildman–Crippen MR) is 75.1 cm³/mol. The van der Waals surface area contributed by atoms with E-state index in [2.05, 4.69) is 10.6 Å². The number of nitrogens with two attached hydrogens (primary N) is 1. The van der Waals surface area contributed by atoms with Crippen LogP contribution in [0.25, 0.3) is 0 Å². The van der Waals surface area contributed by atoms with Gasteiger partial charge in [-0.05, 0) is 43.3 Å². The van der Waals surface area contributed by atoms with E-state index < -0.39 is 0 Å². The molecule has 92 valence electrons. The molecule has 0 aliphatic rings. The summed E-state index contributed by atoms with van der Waals surface area (Å²) >= 11 is 4.79. The van der Waals surface area contributed by atoms with E-state index in [0.717, 1.165) is 23.4 Å². The Morgan fingerprint density at radius 2 is 2.12 bits per heavy atom. The number of nitrogens with one attached hydrogen (secondary N) is 2. The van der Waals surface area contributed by atoms with Crippen molar-refractivity contribution >= 4 is 34.6 Å². The third kappa shape index (κ3) is 4.40. The molecule has 0 heterocycles. The van der Waals surface area contributed by atoms with Crippen molar-refractivity contribution in [3.63, 3.8) is 0 Å². The van der Waals surface area contributed by atoms with Crippen molar-refractivity contribution in [2.24, 2.45) is 5.73 Å². The fraction of sp³-hybridized carbons (Fsp3) is 0.333. The Morgan fingerprint density at radius 1 is 1.41 bits per heavy atom. The van der Waals surface area contributed by atoms with Crippen molar-refractivity contribution in [2.75, 3.05) is 10.6 Å². The van der Waals surface area contributed by atoms with Crippen molar-refractivity contribution in [3.8, 4) is 0 Å². The molecule has 0 saturated heterocycles. The van der Waals surface area contributed by atoms with Gasteiger partial charge in [-0.25, -0.2) is 0 Å². The lowest BCUT2D eigenvalue weighted by atomic mass is 10.1. The molecule has 5 heteroatoms. The van der Waals surface area contributed by atoms with Crippen LogP contribution in [0.4, 0.5) is 11.4 Å². The number of anilines is 2. The molecular formula is C12H17N3OS. The van der Waals surface area contributed by atoms with E-state index in [0.29, 0.717) is 6.42 Å². The van der Waals surface area contributed by atoms with E-state index in [9.17, 15) is 4.79 Å². The molecule has 0 unspecified atom stereocenters. The van der Waals surface area contributed by atoms with Crippen LogP contribution in [0.15, 0.2) is 18.2 Å². The predicted octanol–water partition coefficient (Wildman–Crippen LogP) is 2.39. The van der Waals surface area contributed by atoms with Gasteiger partial charge < -0.3 is 16.4 Å². The molecule has 1 rings (SSSR count). The van der Waals surface area contributed by atoms with Crippen LogP contribution in [0, 0.1) is 6.92 Å². The Hall–Kier alpha value is -1.62. The summed E-state index contributed by atoms with van der Waals surface area (Å²) in [5, 5.41) is 5.91. The third-order valence-corrected chi connectivity index (χ3v) is 2.36. The lowest BCUT2D eigenvalue weighted by molar-refractivity contribution is -0.116. The van der Waals surface area contributed by atoms with Crippen molar-refractivity contribution in [1.82, 2.24) is 0 Å². The zero-order chi connectivity index (χ0) is 12.8. The van der Waals surface area contributed by atoms with Crippen LogP contribution in [0.1, 0.15) is 25.3 Å². The fourth-order valence-corrected chi connectivity index (χ4v) is 1.53. The summed E-state index contributed by atoms with van der Waals surface area (Å²) in [6.07, 6.45) is 1.35. The Kier molecular flexibility index (Phi) is 4.90. The second-order valence-corrected chi connectivity index (χ2v) is 4.26. The zero-order valence-corrected chi connectivity index (χ0v) is 10.9. The van der Waals surface area contributed by atoms with E-state index >= 15 is 0 Å². The smallest absolute Gasteiger partial charge is 0.224 e. The van der Waals surface area contributed by atoms with E-state index in [4.69, 9.17) is 18.0 Å². The summed E-state index contributed by atoms with van der Waals surface area (Å²) in [4.78, 5) is 11.4. The molecule has 4 N–H and O–H groups in total. The van der Waals surface area contributed by atoms with Gasteiger partial charge in [-0.3, -0.25) is 4.79 Å². The molecule has 0 spiro atoms. The SMILES string of the molecule is CCCC(=O)Nc1ccc(C)c(NC(N)=S)c1. The van der Waals surface area contributed by atoms with Crippen LogP contribution in [0.3, 0.4) is 0 Å². The molecule has 0 bridgehead atoms. The highest BCUT2D eigenvalue weighted by molar-refractivity contribution is 7.80. The van der Waals surface area contributed by atoms with E-state index in [1.807, 2.05) is 32.0 Å². The lowest BCUT2D eigenvalue weighted by Gasteiger charge is -2.11. The van der Waals surface area contributed by atoms with Gasteiger partial charge in [0.1, 0.15) is 0 Å². The van der Waals surface area contributed by atoms with Gasteiger partial charge in [0.05, 0.1) is 0 Å². The maximum Gasteiger partial charge on any atom is 0.224 e. The minimum Gasteiger partial charge on any atom is -0.376 e. The molecule has 0 aromatic heterocycles. The molecule has 0 aliphatic heterocycles. The number of thiocarbonyl (C=S) groups is 1. The van der Waals surface area contributed by atoms with Crippen LogP contribution in [-0.2, 0) is 4.79 Å². The normalized spacial score (nSPS) is 9.76. The number of rotatable bonds is 4. The van der Waals surface area contributed by atoms with Gasteiger partial charge in [-0.2, -0.15) is 0 Å². The standard InChI is InChI=1S/C12H17N3OS/c1-3-4-11(16)14-9-6-5-8(2)10(7-9)15-12(13)17/h5-7H,3-4H2,1-2H3,(H,14,16)(H3,13,15,17). The van der Waals surface area contributed by atoms with Crippen molar-refractivity contribution < 1.29 is 4.79 Å². The topological polar surface area (TPSA) is 67.2 Å². The Bertz CT molecular complexity index is 432. The minimum atomic E-state index is 0.0117. The molecule has 0 fully saturated rings. The number of amides is 1. The van der Waals surface area contributed by atoms with E-state index in [-0.39, 0.29) is 11.0 Å². The van der Waals surface area contributed by atoms with Gasteiger partial charge in [-0.1, -0.05) is 13.0 Å². The van der Waals surface area contributed by atoms with Crippen molar-refractivity contribution in [2.45, 2.75) is 26.7 Å². The van der Waals surface area contributed by atoms with Crippen LogP contribution >= 0.6 is 12.2 Å². The summed E-state index contributed by atoms with van der Waals surface area (Å²) in [6.45, 7) is 3.91. The third-order valence-electron chi connectivity index (χ3n) is 2.26. The molecule has 0 aliphatic carbocycles. The second-order valence-electron chi connectivity index (χ2n) is 3.82. The number of hydrogen-bond acceptors (Lipinski definition) is 2. The summed E-state index contributed by atoms with van der Waals surface area (Å²) in [5.74, 6) is 0.0117. The quantitative estimate of drug-likeness (QED) is 0.719. The average Bonchev–Trinajstić information content (AvgIpc) is 2.22. The minimum absolute atomic E-state index is 0.0117. The largest absolute Gasteiger partial charge is 0.376 e. The van der Waals surface area contributed by atoms with E-state index in [1.165, 1.54) is 0 Å². The summed E-state index contributed by atoms with van der Waals surface area (Å²) < 4.78 is 0. The Labute approximate surface area is 107 Å². The number of hydrogen-bond donors (Lipinski definition) is 3. The first kappa shape index (κ1) is 13.4. The number of benzene rings is 1. The number of carbonyl (C=O) groups is 1. The van der Waals surface area contributed by atoms with E-state index in [1.54, 1.807) is 0 Å². The van der Waals surface area contributed by atoms with Crippen LogP contribution in [-0.4, -0.2) is 11.0 Å². The fourth-order valence-electron chi connectivity index (χ4n) is 1.42. The molecule has 17 heavy (non-hydrogen) atoms. The lowest BCUT2D eigenvalue weighted by Crippen LogP contribution is -2.19. The monoisotopic (exact) mass is 251 g/mol. The first-order valence-corrected chi connectivity index (χ1v) is 5.90. The van der Waals surface area contributed by atoms with Crippen LogP contribution in [0.5, 0.6) is 0 Å². The second kappa shape index (κ2) is 6.20. The van der Waals surface area contributed by atoms with Gasteiger partial charge in [0, 0.05) is 17.8 Å². The van der Waals surface area contributed by atoms with Crippen LogP contribution < -0.4 is 16.4 Å². The highest BCUT2D eigenvalue weighted by Crippen LogP contribution is 2.20. The first-order valence-electron chi connectivity index (χ1n) is 5.50. The van der Waals surface area contributed by atoms with Gasteiger partial charge in [0.2, 0.25) is 5.91 Å². The van der Waals surface area contributed by atoms with Gasteiger partial charge in [-0.15, -0.1) is 0 Å². The Morgan fingerprint density at radius 3 is 2.71 bits per heavy atom. The molecule has 0 saturated carbocycles. The molecular weight excluding hydrogens is 234 g/mol. The summed E-state index contributed by atoms with van der Waals surface area (Å²) in [7, 11) is 0. The van der Waals surface area contributed by atoms with Gasteiger partial charge in [0.25, 0.3) is 0 Å². The molecule has 0 radical (unpaired) electrons. The maximum absolute atomic E-state index is 11.4. The summed E-state index contributed by atoms with van der Waals surface area (Å²) in [6, 6.07) is 5.58. The molecule has 1 amide bonds. The number of carbonyl (C=O) groups excluding carboxylic acids is 1. The van der Waals surface area contributed by atoms with Gasteiger partial charge in [0.15, 0.2) is 5.11 Å². The maximum atomic E-state index is 11.4. The molecule has 1 aromatic rings. The molecule has 1 aromatic carbocycles. The van der Waals surface area contributed by atoms with Crippen molar-refractivity contribution in [1.29, 1.82) is 0 Å². The molecule has 0 atom stereocenters. The number of aryl methyl sites for hydroxylation is 1. The zero-order valence-electron chi connectivity index (χ0n) is 10.0. The van der Waals surface area contributed by atoms with Crippen molar-refractivity contribution in [3.05, 3.63) is 23.8 Å². The highest BCUT2D eigenvalue weighted by Gasteiger charge is 2.04. The average molecular weight is 251 g/mol. The van der Waals surface area contributed by atoms with Gasteiger partial charge >= 0.3 is 0 Å². The highest BCUT2D eigenvalue weighted by atomic mass is 32.1. The van der Waals surface area contributed by atoms with Crippen LogP contribution in [0.2, 0.25) is 0 Å². The molecule has 4 nitrogen and oxygen atoms in total. The Balaban J connectivity index is 2.81. The summed E-state index contributed by atoms with van der Waals surface area (Å²) in [5.41, 5.74) is 8.00.